The predicted octanol–water partition coefficient (Wildman–Crippen LogP) is 5.26. The molecule has 3 nitrogen and oxygen atoms in total. The molecule has 4 heteroatoms. The molecule has 1 aliphatic rings. The van der Waals surface area contributed by atoms with Gasteiger partial charge in [-0.05, 0) is 62.3 Å². The second kappa shape index (κ2) is 5.95. The zero-order valence-corrected chi connectivity index (χ0v) is 15.5. The van der Waals surface area contributed by atoms with E-state index >= 15 is 0 Å². The van der Waals surface area contributed by atoms with Gasteiger partial charge in [-0.1, -0.05) is 29.8 Å². The number of carbonyl (C=O) groups is 1. The van der Waals surface area contributed by atoms with E-state index in [1.165, 1.54) is 27.8 Å². The molecule has 0 saturated carbocycles. The van der Waals surface area contributed by atoms with Crippen molar-refractivity contribution in [3.8, 4) is 11.1 Å². The molecule has 0 saturated heterocycles. The maximum Gasteiger partial charge on any atom is 0.310 e. The molecule has 0 amide bonds. The quantitative estimate of drug-likeness (QED) is 0.700. The van der Waals surface area contributed by atoms with Crippen LogP contribution in [0.1, 0.15) is 46.5 Å². The minimum Gasteiger partial charge on any atom is -0.481 e. The molecule has 0 spiro atoms. The Morgan fingerprint density at radius 3 is 2.60 bits per heavy atom. The van der Waals surface area contributed by atoms with Gasteiger partial charge in [-0.2, -0.15) is 0 Å². The van der Waals surface area contributed by atoms with Crippen LogP contribution in [0.3, 0.4) is 0 Å². The van der Waals surface area contributed by atoms with E-state index in [0.29, 0.717) is 0 Å². The van der Waals surface area contributed by atoms with Gasteiger partial charge in [0.25, 0.3) is 0 Å². The summed E-state index contributed by atoms with van der Waals surface area (Å²) in [6.45, 7) is 5.78. The Hall–Kier alpha value is -2.20. The number of rotatable bonds is 3. The van der Waals surface area contributed by atoms with Gasteiger partial charge < -0.3 is 5.11 Å². The number of carboxylic acid groups (broad SMARTS) is 1. The number of carboxylic acids is 1. The van der Waals surface area contributed by atoms with Crippen molar-refractivity contribution in [2.24, 2.45) is 0 Å². The highest BCUT2D eigenvalue weighted by atomic mass is 32.1. The van der Waals surface area contributed by atoms with Crippen LogP contribution in [-0.4, -0.2) is 16.1 Å². The maximum atomic E-state index is 11.8. The first-order valence-electron chi connectivity index (χ1n) is 8.72. The molecule has 1 unspecified atom stereocenters. The lowest BCUT2D eigenvalue weighted by Gasteiger charge is -2.18. The molecule has 0 fully saturated rings. The van der Waals surface area contributed by atoms with Crippen LogP contribution < -0.4 is 0 Å². The first-order valence-corrected chi connectivity index (χ1v) is 9.53. The molecule has 4 rings (SSSR count). The number of aryl methyl sites for hydroxylation is 4. The maximum absolute atomic E-state index is 11.8. The zero-order chi connectivity index (χ0) is 17.7. The number of fused-ring (bicyclic) bond motifs is 3. The second-order valence-corrected chi connectivity index (χ2v) is 8.03. The largest absolute Gasteiger partial charge is 0.481 e. The summed E-state index contributed by atoms with van der Waals surface area (Å²) in [6.07, 6.45) is 3.37. The number of hydrogen-bond acceptors (Lipinski definition) is 3. The van der Waals surface area contributed by atoms with E-state index in [9.17, 15) is 9.90 Å². The number of pyridine rings is 1. The summed E-state index contributed by atoms with van der Waals surface area (Å²) < 4.78 is 0. The summed E-state index contributed by atoms with van der Waals surface area (Å²) in [5, 5.41) is 10.9. The summed E-state index contributed by atoms with van der Waals surface area (Å²) in [5.74, 6) is -1.38. The van der Waals surface area contributed by atoms with Gasteiger partial charge in [0.1, 0.15) is 4.83 Å². The summed E-state index contributed by atoms with van der Waals surface area (Å²) in [4.78, 5) is 19.1. The normalized spacial score (nSPS) is 14.7. The van der Waals surface area contributed by atoms with Crippen LogP contribution in [0.25, 0.3) is 21.3 Å². The number of aliphatic carboxylic acids is 1. The van der Waals surface area contributed by atoms with Crippen LogP contribution in [-0.2, 0) is 17.6 Å². The Kier molecular flexibility index (Phi) is 3.88. The predicted molar refractivity (Wildman–Crippen MR) is 103 cm³/mol. The average molecular weight is 351 g/mol. The van der Waals surface area contributed by atoms with Crippen molar-refractivity contribution >= 4 is 27.5 Å². The van der Waals surface area contributed by atoms with Crippen LogP contribution in [0.5, 0.6) is 0 Å². The summed E-state index contributed by atoms with van der Waals surface area (Å²) in [6, 6.07) is 8.42. The number of benzene rings is 1. The van der Waals surface area contributed by atoms with Gasteiger partial charge in [-0.25, -0.2) is 4.98 Å². The highest BCUT2D eigenvalue weighted by molar-refractivity contribution is 7.19. The Morgan fingerprint density at radius 1 is 1.20 bits per heavy atom. The van der Waals surface area contributed by atoms with Crippen LogP contribution in [0, 0.1) is 13.8 Å². The second-order valence-electron chi connectivity index (χ2n) is 6.95. The molecule has 128 valence electrons. The molecular formula is C21H21NO2S. The summed E-state index contributed by atoms with van der Waals surface area (Å²) >= 11 is 1.78. The molecule has 2 heterocycles. The van der Waals surface area contributed by atoms with Crippen molar-refractivity contribution < 1.29 is 9.90 Å². The number of hydrogen-bond donors (Lipinski definition) is 1. The standard InChI is InChI=1S/C21H21NO2S/c1-11-7-9-14(10-8-11)18-17(12(2)21(23)24)13(3)22-20-19(18)15-5-4-6-16(15)25-20/h7-10,12H,4-6H2,1-3H3,(H,23,24). The van der Waals surface area contributed by atoms with Crippen molar-refractivity contribution in [3.05, 3.63) is 51.5 Å². The fourth-order valence-corrected chi connectivity index (χ4v) is 5.24. The summed E-state index contributed by atoms with van der Waals surface area (Å²) in [7, 11) is 0. The fraction of sp³-hybridized carbons (Fsp3) is 0.333. The van der Waals surface area contributed by atoms with E-state index in [4.69, 9.17) is 4.98 Å². The molecule has 2 aromatic heterocycles. The van der Waals surface area contributed by atoms with Crippen LogP contribution >= 0.6 is 11.3 Å². The van der Waals surface area contributed by atoms with Gasteiger partial charge in [0.15, 0.2) is 0 Å². The molecule has 0 radical (unpaired) electrons. The smallest absolute Gasteiger partial charge is 0.310 e. The van der Waals surface area contributed by atoms with Gasteiger partial charge in [-0.3, -0.25) is 4.79 Å². The van der Waals surface area contributed by atoms with Crippen molar-refractivity contribution in [1.29, 1.82) is 0 Å². The van der Waals surface area contributed by atoms with Crippen molar-refractivity contribution in [3.63, 3.8) is 0 Å². The third kappa shape index (κ3) is 2.56. The molecule has 0 aliphatic heterocycles. The van der Waals surface area contributed by atoms with E-state index in [2.05, 4.69) is 31.2 Å². The first kappa shape index (κ1) is 16.3. The number of nitrogens with zero attached hydrogens (tertiary/aromatic N) is 1. The van der Waals surface area contributed by atoms with E-state index in [1.807, 2.05) is 6.92 Å². The molecular weight excluding hydrogens is 330 g/mol. The van der Waals surface area contributed by atoms with Crippen LogP contribution in [0.15, 0.2) is 24.3 Å². The van der Waals surface area contributed by atoms with E-state index in [0.717, 1.165) is 40.1 Å². The third-order valence-electron chi connectivity index (χ3n) is 5.22. The van der Waals surface area contributed by atoms with Gasteiger partial charge in [0.05, 0.1) is 5.92 Å². The highest BCUT2D eigenvalue weighted by Crippen LogP contribution is 2.45. The lowest BCUT2D eigenvalue weighted by molar-refractivity contribution is -0.138. The number of aromatic nitrogens is 1. The van der Waals surface area contributed by atoms with Crippen molar-refractivity contribution in [2.75, 3.05) is 0 Å². The Labute approximate surface area is 151 Å². The first-order chi connectivity index (χ1) is 12.0. The Balaban J connectivity index is 2.12. The monoisotopic (exact) mass is 351 g/mol. The van der Waals surface area contributed by atoms with E-state index < -0.39 is 11.9 Å². The van der Waals surface area contributed by atoms with Crippen LogP contribution in [0.4, 0.5) is 0 Å². The minimum atomic E-state index is -0.801. The van der Waals surface area contributed by atoms with Crippen molar-refractivity contribution in [1.82, 2.24) is 4.98 Å². The summed E-state index contributed by atoms with van der Waals surface area (Å²) in [5.41, 5.74) is 6.46. The van der Waals surface area contributed by atoms with E-state index in [-0.39, 0.29) is 0 Å². The van der Waals surface area contributed by atoms with Crippen molar-refractivity contribution in [2.45, 2.75) is 46.0 Å². The average Bonchev–Trinajstić information content (AvgIpc) is 3.14. The Bertz CT molecular complexity index is 986. The molecule has 0 bridgehead atoms. The topological polar surface area (TPSA) is 50.2 Å². The fourth-order valence-electron chi connectivity index (χ4n) is 3.93. The zero-order valence-electron chi connectivity index (χ0n) is 14.7. The molecule has 1 N–H and O–H groups in total. The number of thiophene rings is 1. The lowest BCUT2D eigenvalue weighted by Crippen LogP contribution is -2.12. The van der Waals surface area contributed by atoms with Gasteiger partial charge in [0.2, 0.25) is 0 Å². The van der Waals surface area contributed by atoms with Gasteiger partial charge >= 0.3 is 5.97 Å². The minimum absolute atomic E-state index is 0.579. The van der Waals surface area contributed by atoms with Gasteiger partial charge in [-0.15, -0.1) is 11.3 Å². The molecule has 1 aromatic carbocycles. The third-order valence-corrected chi connectivity index (χ3v) is 6.41. The molecule has 3 aromatic rings. The lowest BCUT2D eigenvalue weighted by atomic mass is 9.87. The highest BCUT2D eigenvalue weighted by Gasteiger charge is 2.28. The van der Waals surface area contributed by atoms with Crippen LogP contribution in [0.2, 0.25) is 0 Å². The van der Waals surface area contributed by atoms with E-state index in [1.54, 1.807) is 18.3 Å². The molecule has 25 heavy (non-hydrogen) atoms. The molecule has 1 atom stereocenters. The van der Waals surface area contributed by atoms with Gasteiger partial charge in [0, 0.05) is 16.0 Å². The SMILES string of the molecule is Cc1ccc(-c2c(C(C)C(=O)O)c(C)nc3sc4c(c23)CCC4)cc1. The Morgan fingerprint density at radius 2 is 1.92 bits per heavy atom. The molecule has 1 aliphatic carbocycles.